The lowest BCUT2D eigenvalue weighted by molar-refractivity contribution is 0.668. The Hall–Kier alpha value is -9.98. The summed E-state index contributed by atoms with van der Waals surface area (Å²) in [6.45, 7) is 0. The molecule has 0 radical (unpaired) electrons. The van der Waals surface area contributed by atoms with Gasteiger partial charge in [0.05, 0.1) is 11.4 Å². The van der Waals surface area contributed by atoms with Gasteiger partial charge in [0.2, 0.25) is 0 Å². The predicted molar refractivity (Wildman–Crippen MR) is 344 cm³/mol. The average molecular weight is 1060 g/mol. The molecule has 0 aliphatic rings. The van der Waals surface area contributed by atoms with Crippen LogP contribution >= 0.6 is 22.7 Å². The van der Waals surface area contributed by atoms with Gasteiger partial charge >= 0.3 is 0 Å². The summed E-state index contributed by atoms with van der Waals surface area (Å²) in [5.74, 6) is 0. The largest absolute Gasteiger partial charge is 0.456 e. The fourth-order valence-electron chi connectivity index (χ4n) is 13.2. The molecule has 80 heavy (non-hydrogen) atoms. The molecule has 4 heterocycles. The lowest BCUT2D eigenvalue weighted by Gasteiger charge is -2.27. The number of para-hydroxylation sites is 2. The number of anilines is 6. The third kappa shape index (κ3) is 6.43. The molecule has 14 aromatic carbocycles. The molecule has 0 unspecified atom stereocenters. The van der Waals surface area contributed by atoms with Crippen LogP contribution in [0.15, 0.2) is 264 Å². The van der Waals surface area contributed by atoms with Crippen molar-refractivity contribution in [1.82, 2.24) is 0 Å². The van der Waals surface area contributed by atoms with Gasteiger partial charge in [0, 0.05) is 108 Å². The number of thiophene rings is 2. The molecule has 0 aliphatic carbocycles. The highest BCUT2D eigenvalue weighted by molar-refractivity contribution is 7.26. The fraction of sp³-hybridized carbons (Fsp3) is 0. The molecule has 0 fully saturated rings. The van der Waals surface area contributed by atoms with Gasteiger partial charge in [0.25, 0.3) is 0 Å². The van der Waals surface area contributed by atoms with E-state index < -0.39 is 0 Å². The van der Waals surface area contributed by atoms with E-state index in [4.69, 9.17) is 8.83 Å². The number of hydrogen-bond donors (Lipinski definition) is 0. The van der Waals surface area contributed by atoms with Crippen molar-refractivity contribution in [2.24, 2.45) is 0 Å². The Kier molecular flexibility index (Phi) is 9.23. The van der Waals surface area contributed by atoms with Crippen LogP contribution in [0.25, 0.3) is 138 Å². The van der Waals surface area contributed by atoms with Crippen molar-refractivity contribution in [3.8, 4) is 0 Å². The van der Waals surface area contributed by atoms with Crippen molar-refractivity contribution in [3.05, 3.63) is 255 Å². The van der Waals surface area contributed by atoms with Crippen molar-refractivity contribution in [3.63, 3.8) is 0 Å². The molecule has 4 aromatic heterocycles. The molecule has 0 N–H and O–H groups in total. The van der Waals surface area contributed by atoms with E-state index in [9.17, 15) is 0 Å². The summed E-state index contributed by atoms with van der Waals surface area (Å²) < 4.78 is 18.9. The quantitative estimate of drug-likeness (QED) is 0.166. The number of rotatable bonds is 6. The highest BCUT2D eigenvalue weighted by atomic mass is 32.1. The van der Waals surface area contributed by atoms with E-state index in [-0.39, 0.29) is 0 Å². The first-order chi connectivity index (χ1) is 39.6. The Labute approximate surface area is 465 Å². The number of benzene rings is 14. The van der Waals surface area contributed by atoms with Crippen molar-refractivity contribution in [2.45, 2.75) is 0 Å². The highest BCUT2D eigenvalue weighted by Gasteiger charge is 2.24. The van der Waals surface area contributed by atoms with Crippen molar-refractivity contribution >= 4 is 195 Å². The normalized spacial score (nSPS) is 12.2. The second kappa shape index (κ2) is 16.8. The van der Waals surface area contributed by atoms with Gasteiger partial charge in [-0.05, 0) is 140 Å². The number of fused-ring (bicyclic) bond motifs is 21. The van der Waals surface area contributed by atoms with Crippen LogP contribution in [0.5, 0.6) is 0 Å². The van der Waals surface area contributed by atoms with Crippen LogP contribution in [0.1, 0.15) is 0 Å². The van der Waals surface area contributed by atoms with Gasteiger partial charge in [-0.25, -0.2) is 0 Å². The van der Waals surface area contributed by atoms with Gasteiger partial charge in [-0.15, -0.1) is 22.7 Å². The monoisotopic (exact) mass is 1050 g/mol. The van der Waals surface area contributed by atoms with Gasteiger partial charge in [0.15, 0.2) is 0 Å². The van der Waals surface area contributed by atoms with Crippen LogP contribution in [-0.2, 0) is 0 Å². The average Bonchev–Trinajstić information content (AvgIpc) is 4.30. The molecule has 372 valence electrons. The minimum Gasteiger partial charge on any atom is -0.456 e. The molecule has 0 spiro atoms. The van der Waals surface area contributed by atoms with E-state index in [1.165, 1.54) is 83.4 Å². The summed E-state index contributed by atoms with van der Waals surface area (Å²) in [4.78, 5) is 4.79. The standard InChI is InChI=1S/C74H42N2O2S2/c1-3-17-47(18-4-1)75(61-41-69-73(57-25-13-11-23-53(57)61)71-51-21-9-7-15-43(51)27-33-67(71)79-69)49-29-31-55-59-35-45-38-64-60(36-46(45)37-63(59)77-65(55)39-49)56-32-30-50(40-66(56)78-64)76(48-19-5-2-6-20-48)62-42-70-74(58-26-14-12-24-54(58)62)72-52-22-10-8-16-44(52)28-34-68(72)80-70/h1-42H. The molecule has 0 bridgehead atoms. The molecule has 18 aromatic rings. The maximum atomic E-state index is 6.91. The number of furan rings is 2. The van der Waals surface area contributed by atoms with Crippen molar-refractivity contribution in [2.75, 3.05) is 9.80 Å². The van der Waals surface area contributed by atoms with Gasteiger partial charge in [-0.1, -0.05) is 146 Å². The second-order valence-corrected chi connectivity index (χ2v) is 23.3. The van der Waals surface area contributed by atoms with Crippen LogP contribution in [0, 0.1) is 0 Å². The molecule has 0 amide bonds. The summed E-state index contributed by atoms with van der Waals surface area (Å²) in [5, 5.41) is 21.7. The summed E-state index contributed by atoms with van der Waals surface area (Å²) >= 11 is 3.74. The summed E-state index contributed by atoms with van der Waals surface area (Å²) in [5.41, 5.74) is 9.85. The molecule has 0 saturated carbocycles. The predicted octanol–water partition coefficient (Wildman–Crippen LogP) is 22.9. The first-order valence-electron chi connectivity index (χ1n) is 27.1. The van der Waals surface area contributed by atoms with Gasteiger partial charge in [0.1, 0.15) is 22.3 Å². The summed E-state index contributed by atoms with van der Waals surface area (Å²) in [7, 11) is 0. The Balaban J connectivity index is 0.761. The zero-order valence-electron chi connectivity index (χ0n) is 42.8. The Bertz CT molecular complexity index is 5290. The van der Waals surface area contributed by atoms with Gasteiger partial charge < -0.3 is 18.6 Å². The smallest absolute Gasteiger partial charge is 0.137 e. The fourth-order valence-corrected chi connectivity index (χ4v) is 15.5. The van der Waals surface area contributed by atoms with Crippen LogP contribution in [0.4, 0.5) is 34.1 Å². The first-order valence-corrected chi connectivity index (χ1v) is 28.7. The molecule has 0 aliphatic heterocycles. The van der Waals surface area contributed by atoms with Gasteiger partial charge in [-0.2, -0.15) is 0 Å². The Morgan fingerprint density at radius 1 is 0.225 bits per heavy atom. The maximum absolute atomic E-state index is 6.91. The summed E-state index contributed by atoms with van der Waals surface area (Å²) in [6, 6.07) is 92.9. The molecular formula is C74H42N2O2S2. The van der Waals surface area contributed by atoms with E-state index in [0.29, 0.717) is 0 Å². The van der Waals surface area contributed by atoms with E-state index in [2.05, 4.69) is 265 Å². The lowest BCUT2D eigenvalue weighted by atomic mass is 9.98. The Morgan fingerprint density at radius 3 is 1.05 bits per heavy atom. The molecule has 4 nitrogen and oxygen atoms in total. The summed E-state index contributed by atoms with van der Waals surface area (Å²) in [6.07, 6.45) is 0. The minimum atomic E-state index is 0.838. The molecule has 6 heteroatoms. The van der Waals surface area contributed by atoms with Crippen LogP contribution in [0.3, 0.4) is 0 Å². The number of hydrogen-bond acceptors (Lipinski definition) is 6. The first kappa shape index (κ1) is 44.0. The van der Waals surface area contributed by atoms with Crippen LogP contribution < -0.4 is 9.80 Å². The maximum Gasteiger partial charge on any atom is 0.137 e. The molecule has 0 saturated heterocycles. The molecule has 0 atom stereocenters. The zero-order valence-corrected chi connectivity index (χ0v) is 44.4. The van der Waals surface area contributed by atoms with Crippen molar-refractivity contribution < 1.29 is 8.83 Å². The molecule has 18 rings (SSSR count). The van der Waals surface area contributed by atoms with Gasteiger partial charge in [-0.3, -0.25) is 0 Å². The van der Waals surface area contributed by atoms with E-state index >= 15 is 0 Å². The van der Waals surface area contributed by atoms with Crippen LogP contribution in [-0.4, -0.2) is 0 Å². The highest BCUT2D eigenvalue weighted by Crippen LogP contribution is 2.51. The van der Waals surface area contributed by atoms with E-state index in [0.717, 1.165) is 88.8 Å². The van der Waals surface area contributed by atoms with E-state index in [1.54, 1.807) is 0 Å². The Morgan fingerprint density at radius 2 is 0.600 bits per heavy atom. The topological polar surface area (TPSA) is 32.8 Å². The second-order valence-electron chi connectivity index (χ2n) is 21.1. The third-order valence-corrected chi connectivity index (χ3v) is 18.9. The minimum absolute atomic E-state index is 0.838. The van der Waals surface area contributed by atoms with E-state index in [1.807, 2.05) is 22.7 Å². The third-order valence-electron chi connectivity index (χ3n) is 16.7. The lowest BCUT2D eigenvalue weighted by Crippen LogP contribution is -2.10. The zero-order chi connectivity index (χ0) is 52.2. The molecular weight excluding hydrogens is 1010 g/mol. The number of nitrogens with zero attached hydrogens (tertiary/aromatic N) is 2. The SMILES string of the molecule is c1ccc(N(c2ccc3c(c2)oc2cc4cc5c(cc4cc23)oc2cc(N(c3ccccc3)c3cc4sc6ccc7ccccc7c6c4c4ccccc34)ccc25)c2cc3sc4ccc5ccccc5c4c3c3ccccc23)cc1. The van der Waals surface area contributed by atoms with Crippen molar-refractivity contribution in [1.29, 1.82) is 0 Å². The van der Waals surface area contributed by atoms with Crippen LogP contribution in [0.2, 0.25) is 0 Å².